The van der Waals surface area contributed by atoms with E-state index in [0.717, 1.165) is 0 Å². The van der Waals surface area contributed by atoms with Gasteiger partial charge < -0.3 is 14.8 Å². The number of anilines is 4. The highest BCUT2D eigenvalue weighted by Crippen LogP contribution is 2.36. The molecular weight excluding hydrogens is 479 g/mol. The lowest BCUT2D eigenvalue weighted by Gasteiger charge is -2.36. The van der Waals surface area contributed by atoms with Crippen LogP contribution in [-0.2, 0) is 22.5 Å². The third-order valence-electron chi connectivity index (χ3n) is 5.41. The molecule has 36 heavy (non-hydrogen) atoms. The van der Waals surface area contributed by atoms with Crippen LogP contribution in [0.3, 0.4) is 0 Å². The highest BCUT2D eigenvalue weighted by atomic mass is 19.4. The smallest absolute Gasteiger partial charge is 0.405 e. The molecule has 0 spiro atoms. The molecule has 0 bridgehead atoms. The van der Waals surface area contributed by atoms with Crippen LogP contribution >= 0.6 is 0 Å². The fraction of sp³-hybridized carbons (Fsp3) is 0.250. The van der Waals surface area contributed by atoms with Crippen LogP contribution in [0.15, 0.2) is 54.7 Å². The van der Waals surface area contributed by atoms with E-state index >= 15 is 0 Å². The molecule has 0 radical (unpaired) electrons. The number of nitrogens with zero attached hydrogens (tertiary/aromatic N) is 4. The average molecular weight is 501 g/mol. The van der Waals surface area contributed by atoms with E-state index in [0.29, 0.717) is 28.3 Å². The molecule has 0 saturated heterocycles. The molecule has 9 nitrogen and oxygen atoms in total. The van der Waals surface area contributed by atoms with Crippen molar-refractivity contribution in [1.82, 2.24) is 9.97 Å². The summed E-state index contributed by atoms with van der Waals surface area (Å²) >= 11 is 0. The van der Waals surface area contributed by atoms with Crippen molar-refractivity contribution < 1.29 is 32.2 Å². The summed E-state index contributed by atoms with van der Waals surface area (Å²) in [4.78, 5) is 36.3. The Labute approximate surface area is 204 Å². The number of carbonyl (C=O) groups excluding carboxylic acids is 2. The molecule has 0 aliphatic carbocycles. The summed E-state index contributed by atoms with van der Waals surface area (Å²) in [5, 5.41) is 2.15. The summed E-state index contributed by atoms with van der Waals surface area (Å²) in [5.74, 6) is 0.0977. The Morgan fingerprint density at radius 3 is 2.33 bits per heavy atom. The van der Waals surface area contributed by atoms with Gasteiger partial charge in [0.25, 0.3) is 0 Å². The first kappa shape index (κ1) is 24.8. The van der Waals surface area contributed by atoms with Gasteiger partial charge in [-0.2, -0.15) is 18.2 Å². The van der Waals surface area contributed by atoms with Gasteiger partial charge in [-0.05, 0) is 42.0 Å². The molecule has 4 rings (SSSR count). The summed E-state index contributed by atoms with van der Waals surface area (Å²) in [6, 6.07) is 13.0. The zero-order valence-electron chi connectivity index (χ0n) is 19.4. The molecule has 12 heteroatoms. The van der Waals surface area contributed by atoms with Gasteiger partial charge >= 0.3 is 18.2 Å². The predicted molar refractivity (Wildman–Crippen MR) is 125 cm³/mol. The number of nitrogens with one attached hydrogen (secondary N) is 1. The monoisotopic (exact) mass is 501 g/mol. The Bertz CT molecular complexity index is 1250. The number of benzene rings is 2. The van der Waals surface area contributed by atoms with Crippen molar-refractivity contribution in [2.75, 3.05) is 35.9 Å². The molecule has 2 amide bonds. The molecule has 2 aromatic carbocycles. The van der Waals surface area contributed by atoms with E-state index in [-0.39, 0.29) is 24.7 Å². The molecule has 1 N–H and O–H groups in total. The predicted octanol–water partition coefficient (Wildman–Crippen LogP) is 4.45. The van der Waals surface area contributed by atoms with Crippen LogP contribution in [0.25, 0.3) is 0 Å². The Hall–Kier alpha value is -4.35. The van der Waals surface area contributed by atoms with Crippen molar-refractivity contribution in [1.29, 1.82) is 0 Å². The zero-order chi connectivity index (χ0) is 25.9. The molecule has 2 heterocycles. The summed E-state index contributed by atoms with van der Waals surface area (Å²) in [7, 11) is 2.82. The first-order chi connectivity index (χ1) is 17.2. The van der Waals surface area contributed by atoms with Crippen LogP contribution in [0.2, 0.25) is 0 Å². The van der Waals surface area contributed by atoms with Crippen LogP contribution in [0, 0.1) is 0 Å². The minimum atomic E-state index is -4.46. The lowest BCUT2D eigenvalue weighted by atomic mass is 10.1. The van der Waals surface area contributed by atoms with E-state index in [1.807, 2.05) is 0 Å². The number of methoxy groups -OCH3 is 2. The largest absolute Gasteiger partial charge is 0.497 e. The summed E-state index contributed by atoms with van der Waals surface area (Å²) in [5.41, 5.74) is 2.19. The number of alkyl halides is 3. The van der Waals surface area contributed by atoms with Crippen LogP contribution < -0.4 is 19.9 Å². The first-order valence-electron chi connectivity index (χ1n) is 10.8. The quantitative estimate of drug-likeness (QED) is 0.478. The van der Waals surface area contributed by atoms with Gasteiger partial charge in [-0.25, -0.2) is 14.7 Å². The van der Waals surface area contributed by atoms with E-state index in [1.165, 1.54) is 30.2 Å². The highest BCUT2D eigenvalue weighted by Gasteiger charge is 2.35. The maximum absolute atomic E-state index is 13.7. The van der Waals surface area contributed by atoms with Gasteiger partial charge in [-0.3, -0.25) is 9.69 Å². The second-order valence-corrected chi connectivity index (χ2v) is 7.83. The number of hydrogen-bond donors (Lipinski definition) is 1. The summed E-state index contributed by atoms with van der Waals surface area (Å²) < 4.78 is 48.0. The summed E-state index contributed by atoms with van der Waals surface area (Å²) in [6.45, 7) is -1.21. The van der Waals surface area contributed by atoms with E-state index in [4.69, 9.17) is 4.74 Å². The van der Waals surface area contributed by atoms with E-state index in [1.54, 1.807) is 48.5 Å². The van der Waals surface area contributed by atoms with Crippen molar-refractivity contribution in [3.05, 3.63) is 65.9 Å². The topological polar surface area (TPSA) is 96.9 Å². The van der Waals surface area contributed by atoms with Gasteiger partial charge in [0.05, 0.1) is 32.9 Å². The molecule has 0 saturated carbocycles. The van der Waals surface area contributed by atoms with Crippen LogP contribution in [-0.4, -0.2) is 48.9 Å². The van der Waals surface area contributed by atoms with Crippen molar-refractivity contribution in [3.8, 4) is 5.75 Å². The van der Waals surface area contributed by atoms with E-state index < -0.39 is 24.7 Å². The van der Waals surface area contributed by atoms with Gasteiger partial charge in [-0.15, -0.1) is 0 Å². The third-order valence-corrected chi connectivity index (χ3v) is 5.41. The minimum Gasteiger partial charge on any atom is -0.497 e. The molecule has 1 aliphatic rings. The lowest BCUT2D eigenvalue weighted by Crippen LogP contribution is -2.45. The maximum Gasteiger partial charge on any atom is 0.405 e. The molecule has 0 unspecified atom stereocenters. The number of ether oxygens (including phenoxy) is 2. The van der Waals surface area contributed by atoms with E-state index in [2.05, 4.69) is 20.0 Å². The maximum atomic E-state index is 13.7. The lowest BCUT2D eigenvalue weighted by molar-refractivity contribution is -0.139. The molecule has 1 aliphatic heterocycles. The van der Waals surface area contributed by atoms with Gasteiger partial charge in [0.1, 0.15) is 12.3 Å². The number of aromatic nitrogens is 2. The number of rotatable bonds is 7. The summed E-state index contributed by atoms with van der Waals surface area (Å²) in [6.07, 6.45) is -3.02. The van der Waals surface area contributed by atoms with Gasteiger partial charge in [0.2, 0.25) is 5.95 Å². The average Bonchev–Trinajstić information content (AvgIpc) is 2.87. The SMILES string of the molecule is COC(=O)Cc1ccc(N2C(=O)N(c3ccc(OC)cc3)Cc3cnc(NCC(F)(F)F)nc32)cc1. The van der Waals surface area contributed by atoms with Crippen molar-refractivity contribution >= 4 is 35.1 Å². The Balaban J connectivity index is 1.73. The molecule has 188 valence electrons. The normalized spacial score (nSPS) is 13.3. The number of urea groups is 1. The highest BCUT2D eigenvalue weighted by molar-refractivity contribution is 6.10. The molecule has 1 aromatic heterocycles. The number of fused-ring (bicyclic) bond motifs is 1. The Morgan fingerprint density at radius 1 is 1.06 bits per heavy atom. The molecular formula is C24H22F3N5O4. The van der Waals surface area contributed by atoms with Crippen LogP contribution in [0.5, 0.6) is 5.75 Å². The fourth-order valence-corrected chi connectivity index (χ4v) is 3.61. The van der Waals surface area contributed by atoms with Crippen LogP contribution in [0.1, 0.15) is 11.1 Å². The van der Waals surface area contributed by atoms with Crippen molar-refractivity contribution in [2.45, 2.75) is 19.1 Å². The van der Waals surface area contributed by atoms with E-state index in [9.17, 15) is 22.8 Å². The second-order valence-electron chi connectivity index (χ2n) is 7.83. The number of amides is 2. The molecule has 0 fully saturated rings. The number of carbonyl (C=O) groups is 2. The minimum absolute atomic E-state index is 0.0486. The Kier molecular flexibility index (Phi) is 6.95. The number of esters is 1. The first-order valence-corrected chi connectivity index (χ1v) is 10.8. The van der Waals surface area contributed by atoms with Gasteiger partial charge in [0, 0.05) is 17.4 Å². The molecule has 3 aromatic rings. The molecule has 0 atom stereocenters. The number of halogens is 3. The number of hydrogen-bond acceptors (Lipinski definition) is 7. The van der Waals surface area contributed by atoms with Gasteiger partial charge in [-0.1, -0.05) is 12.1 Å². The van der Waals surface area contributed by atoms with Crippen molar-refractivity contribution in [3.63, 3.8) is 0 Å². The van der Waals surface area contributed by atoms with Crippen LogP contribution in [0.4, 0.5) is 41.1 Å². The fourth-order valence-electron chi connectivity index (χ4n) is 3.61. The van der Waals surface area contributed by atoms with Gasteiger partial charge in [0.15, 0.2) is 5.82 Å². The second kappa shape index (κ2) is 10.1. The third kappa shape index (κ3) is 5.48. The zero-order valence-corrected chi connectivity index (χ0v) is 19.4. The standard InChI is InChI=1S/C24H22F3N5O4/c1-35-19-9-7-17(8-10-19)31-13-16-12-28-22(29-14-24(25,26)27)30-21(16)32(23(31)34)18-5-3-15(4-6-18)11-20(33)36-2/h3-10,12H,11,13-14H2,1-2H3,(H,28,29,30). The van der Waals surface area contributed by atoms with Crippen molar-refractivity contribution in [2.24, 2.45) is 0 Å². The Morgan fingerprint density at radius 2 is 1.72 bits per heavy atom.